The Balaban J connectivity index is 2.04. The topological polar surface area (TPSA) is 21.9 Å². The fourth-order valence-corrected chi connectivity index (χ4v) is 2.06. The molecule has 1 heterocycles. The molecule has 1 saturated heterocycles. The average Bonchev–Trinajstić information content (AvgIpc) is 3.08. The maximum Gasteiger partial charge on any atom is 0.0517 e. The second kappa shape index (κ2) is 3.21. The van der Waals surface area contributed by atoms with Gasteiger partial charge in [-0.25, -0.2) is 0 Å². The molecule has 0 amide bonds. The van der Waals surface area contributed by atoms with Gasteiger partial charge in [0.2, 0.25) is 0 Å². The molecule has 1 N–H and O–H groups in total. The highest BCUT2D eigenvalue weighted by molar-refractivity contribution is 5.83. The van der Waals surface area contributed by atoms with Crippen LogP contribution in [0, 0.1) is 0 Å². The maximum absolute atomic E-state index is 3.80. The van der Waals surface area contributed by atoms with Crippen LogP contribution in [0.3, 0.4) is 0 Å². The Hall–Kier alpha value is -1.60. The number of rotatable bonds is 2. The van der Waals surface area contributed by atoms with E-state index in [4.69, 9.17) is 0 Å². The molecule has 0 unspecified atom stereocenters. The summed E-state index contributed by atoms with van der Waals surface area (Å²) in [5, 5.41) is 6.00. The normalized spacial score (nSPS) is 24.0. The van der Waals surface area contributed by atoms with Crippen molar-refractivity contribution in [2.75, 3.05) is 0 Å². The highest BCUT2D eigenvalue weighted by Crippen LogP contribution is 2.31. The van der Waals surface area contributed by atoms with Gasteiger partial charge in [0.25, 0.3) is 0 Å². The number of benzene rings is 2. The lowest BCUT2D eigenvalue weighted by molar-refractivity contribution is 1.08. The van der Waals surface area contributed by atoms with Crippen LogP contribution >= 0.6 is 0 Å². The van der Waals surface area contributed by atoms with Crippen LogP contribution in [-0.2, 0) is 0 Å². The summed E-state index contributed by atoms with van der Waals surface area (Å²) in [5.74, 6) is 0. The summed E-state index contributed by atoms with van der Waals surface area (Å²) >= 11 is 0. The van der Waals surface area contributed by atoms with E-state index in [9.17, 15) is 0 Å². The van der Waals surface area contributed by atoms with E-state index in [1.54, 1.807) is 0 Å². The lowest BCUT2D eigenvalue weighted by Gasteiger charge is -2.00. The van der Waals surface area contributed by atoms with E-state index in [-0.39, 0.29) is 0 Å². The fourth-order valence-electron chi connectivity index (χ4n) is 2.06. The molecule has 1 nitrogen and oxygen atoms in total. The van der Waals surface area contributed by atoms with Gasteiger partial charge in [-0.1, -0.05) is 42.5 Å². The SMILES string of the molecule is C=C[C@@H]1N[C@H]1c1ccc2ccccc2c1. The van der Waals surface area contributed by atoms with E-state index >= 15 is 0 Å². The Kier molecular flexibility index (Phi) is 1.86. The van der Waals surface area contributed by atoms with Gasteiger partial charge in [0.05, 0.1) is 6.04 Å². The van der Waals surface area contributed by atoms with E-state index in [0.717, 1.165) is 0 Å². The Bertz CT molecular complexity index is 515. The first-order chi connectivity index (χ1) is 7.38. The zero-order valence-corrected chi connectivity index (χ0v) is 8.48. The smallest absolute Gasteiger partial charge is 0.0517 e. The lowest BCUT2D eigenvalue weighted by Crippen LogP contribution is -1.84. The van der Waals surface area contributed by atoms with Crippen LogP contribution < -0.4 is 5.32 Å². The summed E-state index contributed by atoms with van der Waals surface area (Å²) in [7, 11) is 0. The van der Waals surface area contributed by atoms with E-state index in [0.29, 0.717) is 12.1 Å². The van der Waals surface area contributed by atoms with E-state index in [1.807, 2.05) is 6.08 Å². The molecule has 15 heavy (non-hydrogen) atoms. The predicted octanol–water partition coefficient (Wildman–Crippen LogP) is 3.04. The van der Waals surface area contributed by atoms with Crippen molar-refractivity contribution >= 4 is 10.8 Å². The van der Waals surface area contributed by atoms with E-state index < -0.39 is 0 Å². The van der Waals surface area contributed by atoms with Crippen LogP contribution in [-0.4, -0.2) is 6.04 Å². The summed E-state index contributed by atoms with van der Waals surface area (Å²) in [5.41, 5.74) is 1.36. The van der Waals surface area contributed by atoms with Crippen LogP contribution in [0.4, 0.5) is 0 Å². The van der Waals surface area contributed by atoms with Crippen molar-refractivity contribution < 1.29 is 0 Å². The van der Waals surface area contributed by atoms with Gasteiger partial charge in [-0.15, -0.1) is 6.58 Å². The number of nitrogens with one attached hydrogen (secondary N) is 1. The Morgan fingerprint density at radius 2 is 1.87 bits per heavy atom. The molecule has 1 aliphatic rings. The molecule has 0 spiro atoms. The molecular weight excluding hydrogens is 182 g/mol. The molecule has 2 aromatic rings. The van der Waals surface area contributed by atoms with Gasteiger partial charge < -0.3 is 5.32 Å². The van der Waals surface area contributed by atoms with Crippen molar-refractivity contribution in [2.45, 2.75) is 12.1 Å². The van der Waals surface area contributed by atoms with Gasteiger partial charge in [-0.3, -0.25) is 0 Å². The second-order valence-electron chi connectivity index (χ2n) is 4.01. The molecule has 1 heteroatoms. The predicted molar refractivity (Wildman–Crippen MR) is 63.8 cm³/mol. The second-order valence-corrected chi connectivity index (χ2v) is 4.01. The van der Waals surface area contributed by atoms with Gasteiger partial charge in [-0.05, 0) is 22.4 Å². The van der Waals surface area contributed by atoms with Crippen molar-refractivity contribution in [3.63, 3.8) is 0 Å². The third kappa shape index (κ3) is 1.45. The summed E-state index contributed by atoms with van der Waals surface area (Å²) < 4.78 is 0. The molecule has 2 aromatic carbocycles. The zero-order valence-electron chi connectivity index (χ0n) is 8.48. The lowest BCUT2D eigenvalue weighted by atomic mass is 10.0. The van der Waals surface area contributed by atoms with Crippen LogP contribution in [0.15, 0.2) is 55.1 Å². The van der Waals surface area contributed by atoms with Crippen molar-refractivity contribution in [1.82, 2.24) is 5.32 Å². The van der Waals surface area contributed by atoms with Gasteiger partial charge in [0.15, 0.2) is 0 Å². The van der Waals surface area contributed by atoms with Crippen LogP contribution in [0.25, 0.3) is 10.8 Å². The number of hydrogen-bond donors (Lipinski definition) is 1. The Morgan fingerprint density at radius 1 is 1.07 bits per heavy atom. The standard InChI is InChI=1S/C14H13N/c1-2-13-14(15-13)12-8-7-10-5-3-4-6-11(10)9-12/h2-9,13-15H,1H2/t13-,14-/m0/s1. The molecule has 0 saturated carbocycles. The van der Waals surface area contributed by atoms with E-state index in [2.05, 4.69) is 54.4 Å². The highest BCUT2D eigenvalue weighted by atomic mass is 15.1. The molecule has 0 aromatic heterocycles. The van der Waals surface area contributed by atoms with Gasteiger partial charge in [0, 0.05) is 6.04 Å². The van der Waals surface area contributed by atoms with Crippen molar-refractivity contribution in [1.29, 1.82) is 0 Å². The van der Waals surface area contributed by atoms with E-state index in [1.165, 1.54) is 16.3 Å². The molecule has 0 radical (unpaired) electrons. The van der Waals surface area contributed by atoms with Gasteiger partial charge >= 0.3 is 0 Å². The quantitative estimate of drug-likeness (QED) is 0.577. The number of fused-ring (bicyclic) bond motifs is 1. The van der Waals surface area contributed by atoms with Crippen molar-refractivity contribution in [2.24, 2.45) is 0 Å². The molecule has 74 valence electrons. The van der Waals surface area contributed by atoms with Crippen LogP contribution in [0.1, 0.15) is 11.6 Å². The number of hydrogen-bond acceptors (Lipinski definition) is 1. The molecule has 1 aliphatic heterocycles. The third-order valence-corrected chi connectivity index (χ3v) is 3.01. The average molecular weight is 195 g/mol. The highest BCUT2D eigenvalue weighted by Gasteiger charge is 2.34. The Labute approximate surface area is 89.4 Å². The summed E-state index contributed by atoms with van der Waals surface area (Å²) in [4.78, 5) is 0. The third-order valence-electron chi connectivity index (χ3n) is 3.01. The minimum Gasteiger partial charge on any atom is -0.300 e. The van der Waals surface area contributed by atoms with Crippen LogP contribution in [0.5, 0.6) is 0 Å². The first-order valence-electron chi connectivity index (χ1n) is 5.26. The summed E-state index contributed by atoms with van der Waals surface area (Å²) in [6, 6.07) is 16.0. The van der Waals surface area contributed by atoms with Crippen molar-refractivity contribution in [3.05, 3.63) is 60.7 Å². The zero-order chi connectivity index (χ0) is 10.3. The summed E-state index contributed by atoms with van der Waals surface area (Å²) in [6.07, 6.45) is 1.97. The van der Waals surface area contributed by atoms with Gasteiger partial charge in [0.1, 0.15) is 0 Å². The van der Waals surface area contributed by atoms with Crippen LogP contribution in [0.2, 0.25) is 0 Å². The molecule has 1 fully saturated rings. The maximum atomic E-state index is 3.80. The minimum absolute atomic E-state index is 0.464. The molecule has 0 bridgehead atoms. The molecule has 2 atom stereocenters. The summed E-state index contributed by atoms with van der Waals surface area (Å²) in [6.45, 7) is 3.80. The fraction of sp³-hybridized carbons (Fsp3) is 0.143. The minimum atomic E-state index is 0.464. The Morgan fingerprint density at radius 3 is 2.60 bits per heavy atom. The monoisotopic (exact) mass is 195 g/mol. The largest absolute Gasteiger partial charge is 0.300 e. The van der Waals surface area contributed by atoms with Crippen molar-refractivity contribution in [3.8, 4) is 0 Å². The van der Waals surface area contributed by atoms with Gasteiger partial charge in [-0.2, -0.15) is 0 Å². The molecule has 0 aliphatic carbocycles. The molecule has 3 rings (SSSR count). The first kappa shape index (κ1) is 8.69. The molecular formula is C14H13N. The first-order valence-corrected chi connectivity index (χ1v) is 5.26.